The van der Waals surface area contributed by atoms with Crippen LogP contribution in [0.25, 0.3) is 0 Å². The minimum Gasteiger partial charge on any atom is -0.493 e. The van der Waals surface area contributed by atoms with Gasteiger partial charge in [-0.2, -0.15) is 0 Å². The molecule has 2 fully saturated rings. The van der Waals surface area contributed by atoms with Gasteiger partial charge in [-0.05, 0) is 56.2 Å². The van der Waals surface area contributed by atoms with Crippen molar-refractivity contribution < 1.29 is 19.1 Å². The van der Waals surface area contributed by atoms with Gasteiger partial charge in [0.15, 0.2) is 11.5 Å². The Kier molecular flexibility index (Phi) is 7.18. The number of amides is 2. The minimum absolute atomic E-state index is 0.00401. The van der Waals surface area contributed by atoms with Gasteiger partial charge in [-0.15, -0.1) is 0 Å². The van der Waals surface area contributed by atoms with E-state index in [9.17, 15) is 9.59 Å². The van der Waals surface area contributed by atoms with Crippen LogP contribution >= 0.6 is 0 Å². The number of nitrogens with one attached hydrogen (secondary N) is 2. The second-order valence-corrected chi connectivity index (χ2v) is 7.95. The molecule has 1 aromatic carbocycles. The van der Waals surface area contributed by atoms with Crippen LogP contribution in [0.4, 0.5) is 0 Å². The maximum atomic E-state index is 12.5. The quantitative estimate of drug-likeness (QED) is 0.752. The van der Waals surface area contributed by atoms with Gasteiger partial charge < -0.3 is 20.1 Å². The van der Waals surface area contributed by atoms with E-state index in [1.807, 2.05) is 18.2 Å². The first-order chi connectivity index (χ1) is 13.6. The first-order valence-corrected chi connectivity index (χ1v) is 10.4. The molecule has 2 saturated carbocycles. The van der Waals surface area contributed by atoms with Gasteiger partial charge >= 0.3 is 0 Å². The Morgan fingerprint density at radius 3 is 2.11 bits per heavy atom. The zero-order valence-corrected chi connectivity index (χ0v) is 17.0. The van der Waals surface area contributed by atoms with Crippen molar-refractivity contribution in [2.75, 3.05) is 14.2 Å². The third kappa shape index (κ3) is 5.18. The molecule has 154 valence electrons. The molecule has 2 aliphatic carbocycles. The number of carbonyl (C=O) groups is 2. The Morgan fingerprint density at radius 2 is 1.50 bits per heavy atom. The number of methoxy groups -OCH3 is 2. The van der Waals surface area contributed by atoms with Gasteiger partial charge in [-0.1, -0.05) is 18.9 Å². The Hall–Kier alpha value is -2.24. The summed E-state index contributed by atoms with van der Waals surface area (Å²) in [5.41, 5.74) is 0.968. The molecule has 6 nitrogen and oxygen atoms in total. The van der Waals surface area contributed by atoms with Crippen molar-refractivity contribution in [1.29, 1.82) is 0 Å². The van der Waals surface area contributed by atoms with Crippen LogP contribution < -0.4 is 20.1 Å². The van der Waals surface area contributed by atoms with Crippen molar-refractivity contribution in [3.63, 3.8) is 0 Å². The highest BCUT2D eigenvalue weighted by Crippen LogP contribution is 2.30. The molecule has 28 heavy (non-hydrogen) atoms. The summed E-state index contributed by atoms with van der Waals surface area (Å²) in [6, 6.07) is 6.01. The minimum atomic E-state index is -0.00401. The van der Waals surface area contributed by atoms with Crippen LogP contribution in [0, 0.1) is 11.8 Å². The van der Waals surface area contributed by atoms with Crippen LogP contribution in [0.1, 0.15) is 56.9 Å². The van der Waals surface area contributed by atoms with Gasteiger partial charge in [0.2, 0.25) is 11.8 Å². The highest BCUT2D eigenvalue weighted by molar-refractivity contribution is 5.81. The topological polar surface area (TPSA) is 76.7 Å². The lowest BCUT2D eigenvalue weighted by atomic mass is 9.81. The Bertz CT molecular complexity index is 677. The average Bonchev–Trinajstić information content (AvgIpc) is 3.24. The van der Waals surface area contributed by atoms with E-state index in [1.54, 1.807) is 14.2 Å². The lowest BCUT2D eigenvalue weighted by Gasteiger charge is -2.28. The number of hydrogen-bond donors (Lipinski definition) is 2. The van der Waals surface area contributed by atoms with E-state index in [0.717, 1.165) is 44.1 Å². The van der Waals surface area contributed by atoms with Crippen LogP contribution in [0.15, 0.2) is 18.2 Å². The summed E-state index contributed by atoms with van der Waals surface area (Å²) < 4.78 is 10.5. The molecule has 0 aliphatic heterocycles. The number of carbonyl (C=O) groups excluding carboxylic acids is 2. The predicted molar refractivity (Wildman–Crippen MR) is 107 cm³/mol. The van der Waals surface area contributed by atoms with Gasteiger partial charge in [0.1, 0.15) is 0 Å². The summed E-state index contributed by atoms with van der Waals surface area (Å²) in [6.07, 6.45) is 7.82. The zero-order chi connectivity index (χ0) is 19.9. The maximum absolute atomic E-state index is 12.5. The predicted octanol–water partition coefficient (Wildman–Crippen LogP) is 3.19. The van der Waals surface area contributed by atoms with Gasteiger partial charge in [-0.25, -0.2) is 0 Å². The summed E-state index contributed by atoms with van der Waals surface area (Å²) in [4.78, 5) is 25.0. The van der Waals surface area contributed by atoms with Gasteiger partial charge in [0.25, 0.3) is 0 Å². The van der Waals surface area contributed by atoms with Crippen molar-refractivity contribution in [2.24, 2.45) is 11.8 Å². The standard InChI is InChI=1S/C22H32N2O4/c1-27-19-12-7-15(13-20(19)28-2)14-23-21(25)16-8-10-17(11-9-16)22(26)24-18-5-3-4-6-18/h7,12-13,16-18H,3-6,8-11,14H2,1-2H3,(H,23,25)(H,24,26). The van der Waals surface area contributed by atoms with E-state index in [2.05, 4.69) is 10.6 Å². The van der Waals surface area contributed by atoms with Crippen LogP contribution in [0.5, 0.6) is 11.5 Å². The second kappa shape index (κ2) is 9.80. The summed E-state index contributed by atoms with van der Waals surface area (Å²) in [5.74, 6) is 1.65. The number of rotatable bonds is 7. The van der Waals surface area contributed by atoms with E-state index in [0.29, 0.717) is 24.1 Å². The molecular formula is C22H32N2O4. The Balaban J connectivity index is 1.43. The van der Waals surface area contributed by atoms with E-state index < -0.39 is 0 Å². The molecule has 0 unspecified atom stereocenters. The van der Waals surface area contributed by atoms with Gasteiger partial charge in [-0.3, -0.25) is 9.59 Å². The smallest absolute Gasteiger partial charge is 0.223 e. The Labute approximate surface area is 167 Å². The SMILES string of the molecule is COc1ccc(CNC(=O)C2CCC(C(=O)NC3CCCC3)CC2)cc1OC. The first-order valence-electron chi connectivity index (χ1n) is 10.4. The molecule has 2 aliphatic rings. The van der Waals surface area contributed by atoms with Crippen molar-refractivity contribution in [3.8, 4) is 11.5 Å². The largest absolute Gasteiger partial charge is 0.493 e. The van der Waals surface area contributed by atoms with Crippen LogP contribution in [0.2, 0.25) is 0 Å². The molecular weight excluding hydrogens is 356 g/mol. The summed E-state index contributed by atoms with van der Waals surface area (Å²) in [5, 5.41) is 6.22. The van der Waals surface area contributed by atoms with Crippen molar-refractivity contribution in [3.05, 3.63) is 23.8 Å². The number of hydrogen-bond acceptors (Lipinski definition) is 4. The molecule has 0 aromatic heterocycles. The summed E-state index contributed by atoms with van der Waals surface area (Å²) in [7, 11) is 3.20. The molecule has 0 radical (unpaired) electrons. The third-order valence-corrected chi connectivity index (χ3v) is 6.09. The van der Waals surface area contributed by atoms with E-state index >= 15 is 0 Å². The molecule has 2 N–H and O–H groups in total. The summed E-state index contributed by atoms with van der Waals surface area (Å²) in [6.45, 7) is 0.460. The zero-order valence-electron chi connectivity index (χ0n) is 17.0. The third-order valence-electron chi connectivity index (χ3n) is 6.09. The molecule has 3 rings (SSSR count). The molecule has 0 spiro atoms. The molecule has 2 amide bonds. The lowest BCUT2D eigenvalue weighted by Crippen LogP contribution is -2.40. The van der Waals surface area contributed by atoms with E-state index in [1.165, 1.54) is 12.8 Å². The second-order valence-electron chi connectivity index (χ2n) is 7.95. The van der Waals surface area contributed by atoms with Crippen LogP contribution in [0.3, 0.4) is 0 Å². The average molecular weight is 389 g/mol. The van der Waals surface area contributed by atoms with E-state index in [-0.39, 0.29) is 23.7 Å². The molecule has 0 bridgehead atoms. The van der Waals surface area contributed by atoms with Gasteiger partial charge in [0, 0.05) is 24.4 Å². The fourth-order valence-electron chi connectivity index (χ4n) is 4.33. The first kappa shape index (κ1) is 20.5. The molecule has 6 heteroatoms. The van der Waals surface area contributed by atoms with Crippen molar-refractivity contribution in [1.82, 2.24) is 10.6 Å². The van der Waals surface area contributed by atoms with E-state index in [4.69, 9.17) is 9.47 Å². The Morgan fingerprint density at radius 1 is 0.893 bits per heavy atom. The van der Waals surface area contributed by atoms with Crippen molar-refractivity contribution in [2.45, 2.75) is 64.0 Å². The number of benzene rings is 1. The molecule has 0 heterocycles. The molecule has 0 saturated heterocycles. The molecule has 1 aromatic rings. The number of ether oxygens (including phenoxy) is 2. The fourth-order valence-corrected chi connectivity index (χ4v) is 4.33. The van der Waals surface area contributed by atoms with Crippen LogP contribution in [-0.4, -0.2) is 32.1 Å². The fraction of sp³-hybridized carbons (Fsp3) is 0.636. The normalized spacial score (nSPS) is 22.5. The molecule has 0 atom stereocenters. The maximum Gasteiger partial charge on any atom is 0.223 e. The van der Waals surface area contributed by atoms with Crippen LogP contribution in [-0.2, 0) is 16.1 Å². The highest BCUT2D eigenvalue weighted by Gasteiger charge is 2.31. The summed E-state index contributed by atoms with van der Waals surface area (Å²) >= 11 is 0. The van der Waals surface area contributed by atoms with Crippen molar-refractivity contribution >= 4 is 11.8 Å². The van der Waals surface area contributed by atoms with Gasteiger partial charge in [0.05, 0.1) is 14.2 Å². The highest BCUT2D eigenvalue weighted by atomic mass is 16.5. The monoisotopic (exact) mass is 388 g/mol. The lowest BCUT2D eigenvalue weighted by molar-refractivity contribution is -0.131.